The Morgan fingerprint density at radius 3 is 2.93 bits per heavy atom. The van der Waals surface area contributed by atoms with Crippen LogP contribution in [0.25, 0.3) is 0 Å². The third-order valence-corrected chi connectivity index (χ3v) is 2.62. The van der Waals surface area contributed by atoms with Crippen LogP contribution in [0.15, 0.2) is 10.7 Å². The molecule has 0 saturated carbocycles. The van der Waals surface area contributed by atoms with Crippen LogP contribution in [0.5, 0.6) is 0 Å². The Kier molecular flexibility index (Phi) is 2.40. The first-order valence-electron chi connectivity index (χ1n) is 5.35. The molecule has 1 aliphatic heterocycles. The summed E-state index contributed by atoms with van der Waals surface area (Å²) in [5, 5.41) is 3.39. The van der Waals surface area contributed by atoms with E-state index in [2.05, 4.69) is 26.1 Å². The zero-order valence-corrected chi connectivity index (χ0v) is 9.31. The summed E-state index contributed by atoms with van der Waals surface area (Å²) in [5.74, 6) is 1.20. The topological polar surface area (TPSA) is 25.2 Å². The molecule has 0 atom stereocenters. The highest BCUT2D eigenvalue weighted by Gasteiger charge is 2.20. The molecule has 2 rings (SSSR count). The van der Waals surface area contributed by atoms with Gasteiger partial charge in [0.2, 0.25) is 0 Å². The third kappa shape index (κ3) is 2.01. The first kappa shape index (κ1) is 9.78. The minimum atomic E-state index is 0.342. The second-order valence-electron chi connectivity index (χ2n) is 5.33. The lowest BCUT2D eigenvalue weighted by molar-refractivity contribution is 0.407. The van der Waals surface area contributed by atoms with Crippen molar-refractivity contribution < 1.29 is 4.42 Å². The molecule has 0 amide bonds. The first-order valence-corrected chi connectivity index (χ1v) is 5.35. The summed E-state index contributed by atoms with van der Waals surface area (Å²) in [5.41, 5.74) is 3.14. The quantitative estimate of drug-likeness (QED) is 0.741. The minimum absolute atomic E-state index is 0.342. The van der Waals surface area contributed by atoms with Crippen LogP contribution in [0, 0.1) is 5.41 Å². The first-order chi connectivity index (χ1) is 6.56. The zero-order valence-electron chi connectivity index (χ0n) is 9.31. The fourth-order valence-corrected chi connectivity index (χ4v) is 2.02. The maximum atomic E-state index is 5.59. The molecule has 0 saturated heterocycles. The number of hydrogen-bond donors (Lipinski definition) is 1. The highest BCUT2D eigenvalue weighted by Crippen LogP contribution is 2.27. The fourth-order valence-electron chi connectivity index (χ4n) is 2.02. The van der Waals surface area contributed by atoms with Gasteiger partial charge < -0.3 is 9.73 Å². The molecular weight excluding hydrogens is 174 g/mol. The summed E-state index contributed by atoms with van der Waals surface area (Å²) < 4.78 is 5.59. The van der Waals surface area contributed by atoms with E-state index in [4.69, 9.17) is 4.42 Å². The number of nitrogens with one attached hydrogen (secondary N) is 1. The average molecular weight is 193 g/mol. The zero-order chi connectivity index (χ0) is 10.2. The Morgan fingerprint density at radius 1 is 1.43 bits per heavy atom. The van der Waals surface area contributed by atoms with E-state index in [1.54, 1.807) is 0 Å². The molecule has 1 aliphatic rings. The van der Waals surface area contributed by atoms with E-state index in [1.165, 1.54) is 16.9 Å². The van der Waals surface area contributed by atoms with Crippen LogP contribution in [-0.2, 0) is 19.4 Å². The summed E-state index contributed by atoms with van der Waals surface area (Å²) in [6, 6.07) is 0. The van der Waals surface area contributed by atoms with Crippen molar-refractivity contribution in [2.75, 3.05) is 6.54 Å². The molecule has 78 valence electrons. The van der Waals surface area contributed by atoms with E-state index in [0.29, 0.717) is 5.41 Å². The number of rotatable bonds is 1. The third-order valence-electron chi connectivity index (χ3n) is 2.62. The molecular formula is C12H19NO. The second kappa shape index (κ2) is 3.43. The highest BCUT2D eigenvalue weighted by atomic mass is 16.3. The fraction of sp³-hybridized carbons (Fsp3) is 0.667. The van der Waals surface area contributed by atoms with Crippen LogP contribution in [-0.4, -0.2) is 6.54 Å². The molecule has 2 heteroatoms. The van der Waals surface area contributed by atoms with Crippen molar-refractivity contribution in [3.63, 3.8) is 0 Å². The Morgan fingerprint density at radius 2 is 2.21 bits per heavy atom. The van der Waals surface area contributed by atoms with Crippen LogP contribution in [0.3, 0.4) is 0 Å². The van der Waals surface area contributed by atoms with Gasteiger partial charge in [-0.05, 0) is 17.4 Å². The standard InChI is InChI=1S/C12H19NO/c1-12(2,3)6-9-8-14-11-4-5-13-7-10(9)11/h8,13H,4-7H2,1-3H3. The monoisotopic (exact) mass is 193 g/mol. The normalized spacial score (nSPS) is 16.8. The molecule has 2 nitrogen and oxygen atoms in total. The average Bonchev–Trinajstić information content (AvgIpc) is 2.47. The van der Waals surface area contributed by atoms with Gasteiger partial charge in [0.05, 0.1) is 6.26 Å². The number of hydrogen-bond acceptors (Lipinski definition) is 2. The van der Waals surface area contributed by atoms with Gasteiger partial charge in [-0.15, -0.1) is 0 Å². The van der Waals surface area contributed by atoms with Crippen LogP contribution >= 0.6 is 0 Å². The van der Waals surface area contributed by atoms with Crippen molar-refractivity contribution in [2.24, 2.45) is 5.41 Å². The summed E-state index contributed by atoms with van der Waals surface area (Å²) >= 11 is 0. The SMILES string of the molecule is CC(C)(C)Cc1coc2c1CNCC2. The Labute approximate surface area is 85.7 Å². The lowest BCUT2D eigenvalue weighted by atomic mass is 9.87. The molecule has 1 aromatic heterocycles. The van der Waals surface area contributed by atoms with Crippen molar-refractivity contribution in [3.8, 4) is 0 Å². The lowest BCUT2D eigenvalue weighted by Gasteiger charge is -2.19. The maximum Gasteiger partial charge on any atom is 0.109 e. The van der Waals surface area contributed by atoms with E-state index in [0.717, 1.165) is 25.9 Å². The summed E-state index contributed by atoms with van der Waals surface area (Å²) in [6.07, 6.45) is 4.09. The van der Waals surface area contributed by atoms with Crippen molar-refractivity contribution >= 4 is 0 Å². The molecule has 1 N–H and O–H groups in total. The molecule has 0 radical (unpaired) electrons. The van der Waals surface area contributed by atoms with Crippen molar-refractivity contribution in [1.82, 2.24) is 5.32 Å². The van der Waals surface area contributed by atoms with Gasteiger partial charge >= 0.3 is 0 Å². The van der Waals surface area contributed by atoms with Gasteiger partial charge in [0.1, 0.15) is 5.76 Å². The molecule has 14 heavy (non-hydrogen) atoms. The smallest absolute Gasteiger partial charge is 0.109 e. The molecule has 2 heterocycles. The van der Waals surface area contributed by atoms with Gasteiger partial charge in [-0.2, -0.15) is 0 Å². The molecule has 1 aromatic rings. The van der Waals surface area contributed by atoms with Crippen molar-refractivity contribution in [1.29, 1.82) is 0 Å². The van der Waals surface area contributed by atoms with E-state index in [1.807, 2.05) is 6.26 Å². The van der Waals surface area contributed by atoms with E-state index < -0.39 is 0 Å². The molecule has 0 aliphatic carbocycles. The van der Waals surface area contributed by atoms with Gasteiger partial charge in [-0.25, -0.2) is 0 Å². The molecule has 0 aromatic carbocycles. The van der Waals surface area contributed by atoms with Gasteiger partial charge in [0.25, 0.3) is 0 Å². The summed E-state index contributed by atoms with van der Waals surface area (Å²) in [7, 11) is 0. The van der Waals surface area contributed by atoms with Gasteiger partial charge in [-0.1, -0.05) is 20.8 Å². The second-order valence-corrected chi connectivity index (χ2v) is 5.33. The summed E-state index contributed by atoms with van der Waals surface area (Å²) in [4.78, 5) is 0. The van der Waals surface area contributed by atoms with E-state index >= 15 is 0 Å². The van der Waals surface area contributed by atoms with E-state index in [9.17, 15) is 0 Å². The molecule has 0 fully saturated rings. The number of fused-ring (bicyclic) bond motifs is 1. The van der Waals surface area contributed by atoms with Gasteiger partial charge in [0, 0.05) is 25.1 Å². The predicted molar refractivity (Wildman–Crippen MR) is 57.3 cm³/mol. The minimum Gasteiger partial charge on any atom is -0.469 e. The Hall–Kier alpha value is -0.760. The Balaban J connectivity index is 2.22. The predicted octanol–water partition coefficient (Wildman–Crippen LogP) is 2.51. The molecule has 0 bridgehead atoms. The number of furan rings is 1. The van der Waals surface area contributed by atoms with Crippen molar-refractivity contribution in [2.45, 2.75) is 40.2 Å². The largest absolute Gasteiger partial charge is 0.469 e. The van der Waals surface area contributed by atoms with Crippen LogP contribution in [0.4, 0.5) is 0 Å². The van der Waals surface area contributed by atoms with Gasteiger partial charge in [0.15, 0.2) is 0 Å². The lowest BCUT2D eigenvalue weighted by Crippen LogP contribution is -2.24. The molecule has 0 spiro atoms. The van der Waals surface area contributed by atoms with Crippen LogP contribution < -0.4 is 5.32 Å². The van der Waals surface area contributed by atoms with Crippen LogP contribution in [0.2, 0.25) is 0 Å². The van der Waals surface area contributed by atoms with Crippen LogP contribution in [0.1, 0.15) is 37.7 Å². The highest BCUT2D eigenvalue weighted by molar-refractivity contribution is 5.30. The van der Waals surface area contributed by atoms with Crippen molar-refractivity contribution in [3.05, 3.63) is 23.2 Å². The molecule has 0 unspecified atom stereocenters. The maximum absolute atomic E-state index is 5.59. The van der Waals surface area contributed by atoms with Gasteiger partial charge in [-0.3, -0.25) is 0 Å². The van der Waals surface area contributed by atoms with E-state index in [-0.39, 0.29) is 0 Å². The summed E-state index contributed by atoms with van der Waals surface area (Å²) in [6.45, 7) is 8.83. The Bertz CT molecular complexity index is 320.